The molecule has 1 heterocycles. The van der Waals surface area contributed by atoms with Gasteiger partial charge in [-0.05, 0) is 85.3 Å². The van der Waals surface area contributed by atoms with Gasteiger partial charge in [-0.25, -0.2) is 0 Å². The van der Waals surface area contributed by atoms with Crippen molar-refractivity contribution in [1.82, 2.24) is 4.98 Å². The Bertz CT molecular complexity index is 1500. The van der Waals surface area contributed by atoms with Gasteiger partial charge in [-0.15, -0.1) is 0 Å². The Balaban J connectivity index is 1.44. The molecule has 0 aliphatic heterocycles. The van der Waals surface area contributed by atoms with Crippen LogP contribution in [0.5, 0.6) is 11.5 Å². The molecule has 0 fully saturated rings. The van der Waals surface area contributed by atoms with Gasteiger partial charge in [0, 0.05) is 17.7 Å². The molecule has 0 bridgehead atoms. The first kappa shape index (κ1) is 33.6. The number of nitrogens with zero attached hydrogens (tertiary/aromatic N) is 1. The normalized spacial score (nSPS) is 12.3. The van der Waals surface area contributed by atoms with Crippen molar-refractivity contribution >= 4 is 23.2 Å². The molecular formula is C35H37Cl2F3N2O2. The van der Waals surface area contributed by atoms with Crippen molar-refractivity contribution < 1.29 is 22.6 Å². The first-order valence-electron chi connectivity index (χ1n) is 14.8. The van der Waals surface area contributed by atoms with Gasteiger partial charge < -0.3 is 15.2 Å². The number of alkyl halides is 3. The van der Waals surface area contributed by atoms with Crippen LogP contribution >= 0.6 is 23.2 Å². The summed E-state index contributed by atoms with van der Waals surface area (Å²) >= 11 is 12.4. The highest BCUT2D eigenvalue weighted by molar-refractivity contribution is 6.37. The van der Waals surface area contributed by atoms with Crippen LogP contribution < -0.4 is 15.2 Å². The fourth-order valence-electron chi connectivity index (χ4n) is 5.19. The summed E-state index contributed by atoms with van der Waals surface area (Å²) in [5, 5.41) is 0.860. The third-order valence-corrected chi connectivity index (χ3v) is 8.02. The van der Waals surface area contributed by atoms with Gasteiger partial charge in [0.15, 0.2) is 5.75 Å². The first-order valence-corrected chi connectivity index (χ1v) is 15.5. The summed E-state index contributed by atoms with van der Waals surface area (Å²) in [6, 6.07) is 19.5. The van der Waals surface area contributed by atoms with Crippen LogP contribution in [0.4, 0.5) is 13.2 Å². The quantitative estimate of drug-likeness (QED) is 0.139. The van der Waals surface area contributed by atoms with Crippen molar-refractivity contribution in [2.75, 3.05) is 19.8 Å². The molecule has 0 aliphatic carbocycles. The van der Waals surface area contributed by atoms with E-state index in [0.29, 0.717) is 33.7 Å². The predicted octanol–water partition coefficient (Wildman–Crippen LogP) is 9.86. The second-order valence-electron chi connectivity index (χ2n) is 10.8. The number of aromatic nitrogens is 1. The van der Waals surface area contributed by atoms with Crippen molar-refractivity contribution in [3.63, 3.8) is 0 Å². The van der Waals surface area contributed by atoms with Crippen LogP contribution in [0, 0.1) is 6.92 Å². The fraction of sp³-hybridized carbons (Fsp3) is 0.343. The summed E-state index contributed by atoms with van der Waals surface area (Å²) in [5.41, 5.74) is 9.26. The number of unbranched alkanes of at least 4 members (excludes halogenated alkanes) is 2. The SMILES string of the molecule is CCCCCc1ccccc1-c1cc(C(F)(F)F)c(C(CN)Cc2ccc(OCCOc3c(Cl)cc(C)cc3Cl)cc2)cn1. The maximum absolute atomic E-state index is 14.4. The Hall–Kier alpha value is -3.26. The number of benzene rings is 3. The van der Waals surface area contributed by atoms with Gasteiger partial charge in [-0.1, -0.05) is 79.4 Å². The van der Waals surface area contributed by atoms with Crippen LogP contribution in [0.15, 0.2) is 72.9 Å². The lowest BCUT2D eigenvalue weighted by molar-refractivity contribution is -0.138. The second kappa shape index (κ2) is 15.6. The molecule has 0 amide bonds. The fourth-order valence-corrected chi connectivity index (χ4v) is 5.90. The van der Waals surface area contributed by atoms with Crippen molar-refractivity contribution in [2.24, 2.45) is 5.73 Å². The van der Waals surface area contributed by atoms with E-state index in [0.717, 1.165) is 47.9 Å². The van der Waals surface area contributed by atoms with Crippen molar-refractivity contribution in [1.29, 1.82) is 0 Å². The molecule has 0 radical (unpaired) electrons. The van der Waals surface area contributed by atoms with Gasteiger partial charge in [0.1, 0.15) is 19.0 Å². The van der Waals surface area contributed by atoms with Crippen LogP contribution in [-0.2, 0) is 19.0 Å². The number of nitrogens with two attached hydrogens (primary N) is 1. The Labute approximate surface area is 267 Å². The molecule has 4 nitrogen and oxygen atoms in total. The molecule has 1 atom stereocenters. The minimum Gasteiger partial charge on any atom is -0.490 e. The zero-order chi connectivity index (χ0) is 31.7. The number of pyridine rings is 1. The van der Waals surface area contributed by atoms with Crippen LogP contribution in [-0.4, -0.2) is 24.7 Å². The summed E-state index contributed by atoms with van der Waals surface area (Å²) in [4.78, 5) is 4.51. The van der Waals surface area contributed by atoms with Crippen molar-refractivity contribution in [3.8, 4) is 22.8 Å². The molecule has 3 aromatic carbocycles. The highest BCUT2D eigenvalue weighted by Gasteiger charge is 2.36. The molecule has 4 aromatic rings. The largest absolute Gasteiger partial charge is 0.490 e. The summed E-state index contributed by atoms with van der Waals surface area (Å²) in [6.07, 6.45) is 1.02. The molecule has 0 spiro atoms. The highest BCUT2D eigenvalue weighted by atomic mass is 35.5. The minimum absolute atomic E-state index is 0.0391. The van der Waals surface area contributed by atoms with E-state index < -0.39 is 17.7 Å². The Morgan fingerprint density at radius 3 is 2.25 bits per heavy atom. The van der Waals surface area contributed by atoms with Gasteiger partial charge in [-0.2, -0.15) is 13.2 Å². The number of halogens is 5. The number of ether oxygens (including phenoxy) is 2. The monoisotopic (exact) mass is 644 g/mol. The van der Waals surface area contributed by atoms with Crippen LogP contribution in [0.2, 0.25) is 10.0 Å². The maximum atomic E-state index is 14.4. The third-order valence-electron chi connectivity index (χ3n) is 7.45. The van der Waals surface area contributed by atoms with E-state index in [1.165, 1.54) is 12.3 Å². The third kappa shape index (κ3) is 8.90. The van der Waals surface area contributed by atoms with Gasteiger partial charge >= 0.3 is 6.18 Å². The smallest absolute Gasteiger partial charge is 0.416 e. The van der Waals surface area contributed by atoms with Crippen LogP contribution in [0.3, 0.4) is 0 Å². The molecule has 0 aliphatic rings. The molecule has 9 heteroatoms. The lowest BCUT2D eigenvalue weighted by Gasteiger charge is -2.22. The van der Waals surface area contributed by atoms with E-state index in [-0.39, 0.29) is 25.3 Å². The van der Waals surface area contributed by atoms with Crippen molar-refractivity contribution in [2.45, 2.75) is 58.0 Å². The first-order chi connectivity index (χ1) is 21.1. The Morgan fingerprint density at radius 2 is 1.59 bits per heavy atom. The summed E-state index contributed by atoms with van der Waals surface area (Å²) in [7, 11) is 0. The van der Waals surface area contributed by atoms with E-state index in [2.05, 4.69) is 11.9 Å². The molecule has 0 saturated heterocycles. The van der Waals surface area contributed by atoms with E-state index in [9.17, 15) is 13.2 Å². The molecule has 4 rings (SSSR count). The average Bonchev–Trinajstić information content (AvgIpc) is 2.99. The van der Waals surface area contributed by atoms with Crippen molar-refractivity contribution in [3.05, 3.63) is 111 Å². The number of aryl methyl sites for hydroxylation is 2. The lowest BCUT2D eigenvalue weighted by Crippen LogP contribution is -2.20. The predicted molar refractivity (Wildman–Crippen MR) is 172 cm³/mol. The van der Waals surface area contributed by atoms with Gasteiger partial charge in [0.05, 0.1) is 21.3 Å². The Morgan fingerprint density at radius 1 is 0.909 bits per heavy atom. The molecule has 2 N–H and O–H groups in total. The maximum Gasteiger partial charge on any atom is 0.416 e. The zero-order valence-electron chi connectivity index (χ0n) is 24.9. The van der Waals surface area contributed by atoms with Crippen LogP contribution in [0.25, 0.3) is 11.3 Å². The summed E-state index contributed by atoms with van der Waals surface area (Å²) < 4.78 is 54.6. The molecule has 234 valence electrons. The zero-order valence-corrected chi connectivity index (χ0v) is 26.4. The Kier molecular flexibility index (Phi) is 12.0. The van der Waals surface area contributed by atoms with Gasteiger partial charge in [0.25, 0.3) is 0 Å². The highest BCUT2D eigenvalue weighted by Crippen LogP contribution is 2.39. The molecule has 1 unspecified atom stereocenters. The van der Waals surface area contributed by atoms with Gasteiger partial charge in [-0.3, -0.25) is 4.98 Å². The van der Waals surface area contributed by atoms with E-state index in [1.54, 1.807) is 24.3 Å². The van der Waals surface area contributed by atoms with E-state index in [1.807, 2.05) is 43.3 Å². The molecule has 44 heavy (non-hydrogen) atoms. The van der Waals surface area contributed by atoms with E-state index >= 15 is 0 Å². The van der Waals surface area contributed by atoms with Crippen LogP contribution in [0.1, 0.15) is 59.9 Å². The standard InChI is InChI=1S/C35H37Cl2F3N2O2/c1-3-4-5-8-25-9-6-7-10-28(25)33-20-30(35(38,39)40)29(22-42-33)26(21-41)19-24-11-13-27(14-12-24)43-15-16-44-34-31(36)17-23(2)18-32(34)37/h6-7,9-14,17-18,20,22,26H,3-5,8,15-16,19,21,41H2,1-2H3. The summed E-state index contributed by atoms with van der Waals surface area (Å²) in [5.74, 6) is 0.433. The number of hydrogen-bond acceptors (Lipinski definition) is 4. The lowest BCUT2D eigenvalue weighted by atomic mass is 9.88. The molecule has 0 saturated carbocycles. The average molecular weight is 646 g/mol. The van der Waals surface area contributed by atoms with Gasteiger partial charge in [0.2, 0.25) is 0 Å². The summed E-state index contributed by atoms with van der Waals surface area (Å²) in [6.45, 7) is 4.53. The molecular weight excluding hydrogens is 608 g/mol. The minimum atomic E-state index is -4.55. The number of rotatable bonds is 14. The molecule has 1 aromatic heterocycles. The number of hydrogen-bond donors (Lipinski definition) is 1. The second-order valence-corrected chi connectivity index (χ2v) is 11.6. The topological polar surface area (TPSA) is 57.4 Å². The van der Waals surface area contributed by atoms with E-state index in [4.69, 9.17) is 38.4 Å².